The number of methoxy groups -OCH3 is 2. The Kier molecular flexibility index (Phi) is 5.01. The van der Waals surface area contributed by atoms with Crippen molar-refractivity contribution in [3.05, 3.63) is 23.3 Å². The molecule has 0 saturated heterocycles. The molecule has 0 bridgehead atoms. The van der Waals surface area contributed by atoms with Crippen molar-refractivity contribution in [2.75, 3.05) is 14.2 Å². The monoisotopic (exact) mass is 236 g/mol. The number of hydrogen-bond acceptors (Lipinski definition) is 3. The first-order chi connectivity index (χ1) is 8.19. The van der Waals surface area contributed by atoms with Gasteiger partial charge in [0.15, 0.2) is 11.5 Å². The highest BCUT2D eigenvalue weighted by atomic mass is 16.5. The van der Waals surface area contributed by atoms with Gasteiger partial charge in [0.2, 0.25) is 0 Å². The van der Waals surface area contributed by atoms with E-state index in [1.54, 1.807) is 14.2 Å². The molecule has 94 valence electrons. The molecule has 0 aliphatic rings. The van der Waals surface area contributed by atoms with E-state index in [1.807, 2.05) is 12.1 Å². The van der Waals surface area contributed by atoms with Gasteiger partial charge in [-0.05, 0) is 24.0 Å². The van der Waals surface area contributed by atoms with E-state index in [1.165, 1.54) is 0 Å². The maximum Gasteiger partial charge on any atom is 0.164 e. The summed E-state index contributed by atoms with van der Waals surface area (Å²) in [6, 6.07) is 3.92. The van der Waals surface area contributed by atoms with Crippen LogP contribution in [0.3, 0.4) is 0 Å². The summed E-state index contributed by atoms with van der Waals surface area (Å²) >= 11 is 0. The number of benzene rings is 1. The Hall–Kier alpha value is -1.51. The number of ether oxygens (including phenoxy) is 2. The summed E-state index contributed by atoms with van der Waals surface area (Å²) in [6.45, 7) is 4.13. The zero-order valence-corrected chi connectivity index (χ0v) is 10.9. The Morgan fingerprint density at radius 2 is 2.00 bits per heavy atom. The second-order valence-corrected chi connectivity index (χ2v) is 4.03. The molecule has 3 nitrogen and oxygen atoms in total. The molecule has 0 spiro atoms. The molecule has 1 rings (SSSR count). The molecule has 0 amide bonds. The minimum atomic E-state index is 0.210. The predicted molar refractivity (Wildman–Crippen MR) is 68.0 cm³/mol. The van der Waals surface area contributed by atoms with Crippen LogP contribution < -0.4 is 9.47 Å². The normalized spacial score (nSPS) is 12.0. The maximum absolute atomic E-state index is 10.6. The zero-order valence-electron chi connectivity index (χ0n) is 10.9. The van der Waals surface area contributed by atoms with Crippen LogP contribution in [0, 0.1) is 0 Å². The molecule has 17 heavy (non-hydrogen) atoms. The van der Waals surface area contributed by atoms with Crippen molar-refractivity contribution in [2.45, 2.75) is 32.6 Å². The maximum atomic E-state index is 10.6. The first-order valence-electron chi connectivity index (χ1n) is 5.86. The molecule has 0 aliphatic carbocycles. The zero-order chi connectivity index (χ0) is 12.8. The Balaban J connectivity index is 3.27. The van der Waals surface area contributed by atoms with Crippen LogP contribution >= 0.6 is 0 Å². The van der Waals surface area contributed by atoms with E-state index in [0.29, 0.717) is 6.42 Å². The summed E-state index contributed by atoms with van der Waals surface area (Å²) < 4.78 is 10.7. The largest absolute Gasteiger partial charge is 0.493 e. The molecule has 3 heteroatoms. The minimum Gasteiger partial charge on any atom is -0.493 e. The predicted octanol–water partition coefficient (Wildman–Crippen LogP) is 2.96. The van der Waals surface area contributed by atoms with Crippen molar-refractivity contribution in [1.29, 1.82) is 0 Å². The fourth-order valence-electron chi connectivity index (χ4n) is 2.10. The second-order valence-electron chi connectivity index (χ2n) is 4.03. The molecule has 0 heterocycles. The van der Waals surface area contributed by atoms with E-state index in [4.69, 9.17) is 9.47 Å². The Bertz CT molecular complexity index is 385. The molecule has 1 atom stereocenters. The van der Waals surface area contributed by atoms with Crippen molar-refractivity contribution < 1.29 is 14.3 Å². The highest BCUT2D eigenvalue weighted by molar-refractivity contribution is 5.55. The topological polar surface area (TPSA) is 35.5 Å². The molecule has 0 radical (unpaired) electrons. The molecule has 0 N–H and O–H groups in total. The third-order valence-corrected chi connectivity index (χ3v) is 3.02. The number of carbonyl (C=O) groups excluding carboxylic acids is 1. The Morgan fingerprint density at radius 3 is 2.47 bits per heavy atom. The first-order valence-corrected chi connectivity index (χ1v) is 5.86. The van der Waals surface area contributed by atoms with Crippen LogP contribution in [0.5, 0.6) is 11.5 Å². The molecule has 0 aromatic heterocycles. The summed E-state index contributed by atoms with van der Waals surface area (Å²) in [5.41, 5.74) is 2.29. The number of carbonyl (C=O) groups is 1. The number of hydrogen-bond donors (Lipinski definition) is 0. The van der Waals surface area contributed by atoms with E-state index in [9.17, 15) is 4.79 Å². The number of rotatable bonds is 6. The van der Waals surface area contributed by atoms with Gasteiger partial charge in [0, 0.05) is 12.0 Å². The third kappa shape index (κ3) is 2.78. The van der Waals surface area contributed by atoms with Crippen LogP contribution in [0.2, 0.25) is 0 Å². The van der Waals surface area contributed by atoms with Crippen molar-refractivity contribution in [1.82, 2.24) is 0 Å². The lowest BCUT2D eigenvalue weighted by Gasteiger charge is -2.19. The fourth-order valence-corrected chi connectivity index (χ4v) is 2.10. The van der Waals surface area contributed by atoms with Crippen LogP contribution in [-0.2, 0) is 11.2 Å². The first kappa shape index (κ1) is 13.6. The molecule has 1 aromatic carbocycles. The molecule has 0 saturated carbocycles. The molecular weight excluding hydrogens is 216 g/mol. The van der Waals surface area contributed by atoms with Gasteiger partial charge in [-0.25, -0.2) is 0 Å². The fraction of sp³-hybridized carbons (Fsp3) is 0.500. The van der Waals surface area contributed by atoms with Gasteiger partial charge >= 0.3 is 0 Å². The van der Waals surface area contributed by atoms with E-state index in [2.05, 4.69) is 13.8 Å². The van der Waals surface area contributed by atoms with Gasteiger partial charge in [-0.2, -0.15) is 0 Å². The lowest BCUT2D eigenvalue weighted by Crippen LogP contribution is -2.03. The Morgan fingerprint density at radius 1 is 1.29 bits per heavy atom. The molecule has 0 aliphatic heterocycles. The molecule has 0 fully saturated rings. The average molecular weight is 236 g/mol. The van der Waals surface area contributed by atoms with Gasteiger partial charge in [-0.3, -0.25) is 0 Å². The minimum absolute atomic E-state index is 0.210. The molecular formula is C14H20O3. The summed E-state index contributed by atoms with van der Waals surface area (Å²) in [6.07, 6.45) is 2.35. The molecule has 1 unspecified atom stereocenters. The summed E-state index contributed by atoms with van der Waals surface area (Å²) in [7, 11) is 3.27. The summed E-state index contributed by atoms with van der Waals surface area (Å²) in [5.74, 6) is 1.74. The highest BCUT2D eigenvalue weighted by Gasteiger charge is 2.17. The van der Waals surface area contributed by atoms with Crippen molar-refractivity contribution in [3.8, 4) is 11.5 Å². The quantitative estimate of drug-likeness (QED) is 0.712. The van der Waals surface area contributed by atoms with Gasteiger partial charge in [0.25, 0.3) is 0 Å². The van der Waals surface area contributed by atoms with Crippen LogP contribution in [0.1, 0.15) is 37.3 Å². The van der Waals surface area contributed by atoms with Crippen LogP contribution in [0.25, 0.3) is 0 Å². The van der Waals surface area contributed by atoms with Gasteiger partial charge in [0.05, 0.1) is 14.2 Å². The van der Waals surface area contributed by atoms with Crippen LogP contribution in [0.4, 0.5) is 0 Å². The average Bonchev–Trinajstić information content (AvgIpc) is 2.36. The summed E-state index contributed by atoms with van der Waals surface area (Å²) in [5, 5.41) is 0. The van der Waals surface area contributed by atoms with Gasteiger partial charge in [0.1, 0.15) is 6.29 Å². The standard InChI is InChI=1S/C14H20O3/c1-5-11-12(10(2)8-9-15)6-7-13(16-3)14(11)17-4/h6-7,9-10H,5,8H2,1-4H3. The Labute approximate surface area is 103 Å². The lowest BCUT2D eigenvalue weighted by molar-refractivity contribution is -0.108. The van der Waals surface area contributed by atoms with Gasteiger partial charge in [-0.15, -0.1) is 0 Å². The van der Waals surface area contributed by atoms with E-state index in [0.717, 1.165) is 35.3 Å². The van der Waals surface area contributed by atoms with Crippen LogP contribution in [-0.4, -0.2) is 20.5 Å². The molecule has 1 aromatic rings. The third-order valence-electron chi connectivity index (χ3n) is 3.02. The van der Waals surface area contributed by atoms with Crippen molar-refractivity contribution >= 4 is 6.29 Å². The van der Waals surface area contributed by atoms with Crippen molar-refractivity contribution in [2.24, 2.45) is 0 Å². The number of aldehydes is 1. The SMILES string of the molecule is CCc1c(C(C)CC=O)ccc(OC)c1OC. The highest BCUT2D eigenvalue weighted by Crippen LogP contribution is 2.37. The smallest absolute Gasteiger partial charge is 0.164 e. The summed E-state index contributed by atoms with van der Waals surface area (Å²) in [4.78, 5) is 10.6. The van der Waals surface area contributed by atoms with Crippen LogP contribution in [0.15, 0.2) is 12.1 Å². The van der Waals surface area contributed by atoms with Gasteiger partial charge < -0.3 is 14.3 Å². The lowest BCUT2D eigenvalue weighted by atomic mass is 9.91. The van der Waals surface area contributed by atoms with E-state index < -0.39 is 0 Å². The second kappa shape index (κ2) is 6.28. The van der Waals surface area contributed by atoms with Crippen molar-refractivity contribution in [3.63, 3.8) is 0 Å². The van der Waals surface area contributed by atoms with Gasteiger partial charge in [-0.1, -0.05) is 19.9 Å². The van der Waals surface area contributed by atoms with E-state index in [-0.39, 0.29) is 5.92 Å². The van der Waals surface area contributed by atoms with E-state index >= 15 is 0 Å².